The summed E-state index contributed by atoms with van der Waals surface area (Å²) in [5.41, 5.74) is 18.3. The summed E-state index contributed by atoms with van der Waals surface area (Å²) in [5.74, 6) is -7.12. The number of carboxylic acid groups (broad SMARTS) is 4. The lowest BCUT2D eigenvalue weighted by atomic mass is 9.92. The zero-order valence-electron chi connectivity index (χ0n) is 47.5. The quantitative estimate of drug-likeness (QED) is 0.100. The summed E-state index contributed by atoms with van der Waals surface area (Å²) in [5, 5.41) is 49.0. The van der Waals surface area contributed by atoms with E-state index in [0.717, 1.165) is 113 Å². The van der Waals surface area contributed by atoms with E-state index in [2.05, 4.69) is 94.2 Å². The second kappa shape index (κ2) is 28.0. The Balaban J connectivity index is 0.000000195. The molecule has 0 aliphatic heterocycles. The molecule has 3 heterocycles. The van der Waals surface area contributed by atoms with Crippen molar-refractivity contribution in [1.29, 1.82) is 0 Å². The minimum atomic E-state index is -1.82. The second-order valence-corrected chi connectivity index (χ2v) is 23.9. The third-order valence-electron chi connectivity index (χ3n) is 14.0. The molecule has 6 aliphatic rings. The van der Waals surface area contributed by atoms with Crippen LogP contribution in [0.4, 0.5) is 17.1 Å². The van der Waals surface area contributed by atoms with Crippen molar-refractivity contribution in [1.82, 2.24) is 30.9 Å². The number of rotatable bonds is 9. The molecule has 0 aromatic carbocycles. The van der Waals surface area contributed by atoms with Gasteiger partial charge >= 0.3 is 23.9 Å². The van der Waals surface area contributed by atoms with E-state index in [4.69, 9.17) is 54.6 Å². The third kappa shape index (κ3) is 19.2. The van der Waals surface area contributed by atoms with E-state index in [-0.39, 0.29) is 34.3 Å². The molecule has 0 spiro atoms. The maximum Gasteiger partial charge on any atom is 0.414 e. The zero-order chi connectivity index (χ0) is 57.5. The Morgan fingerprint density at radius 2 is 0.500 bits per heavy atom. The molecule has 0 saturated heterocycles. The molecule has 20 heteroatoms. The molecule has 78 heavy (non-hydrogen) atoms. The third-order valence-corrected chi connectivity index (χ3v) is 14.0. The van der Waals surface area contributed by atoms with Crippen molar-refractivity contribution in [3.05, 3.63) is 67.5 Å². The van der Waals surface area contributed by atoms with Crippen LogP contribution in [0.5, 0.6) is 0 Å². The summed E-state index contributed by atoms with van der Waals surface area (Å²) in [6.45, 7) is 19.8. The average Bonchev–Trinajstić information content (AvgIpc) is 4.18. The predicted molar refractivity (Wildman–Crippen MR) is 298 cm³/mol. The highest BCUT2D eigenvalue weighted by Crippen LogP contribution is 2.38. The van der Waals surface area contributed by atoms with Crippen LogP contribution in [-0.4, -0.2) is 113 Å². The van der Waals surface area contributed by atoms with Gasteiger partial charge in [0, 0.05) is 50.8 Å². The van der Waals surface area contributed by atoms with Crippen molar-refractivity contribution < 1.29 is 54.0 Å². The molecule has 6 aliphatic carbocycles. The van der Waals surface area contributed by atoms with Crippen molar-refractivity contribution in [2.24, 2.45) is 0 Å². The Hall–Kier alpha value is -6.38. The van der Waals surface area contributed by atoms with Crippen LogP contribution >= 0.6 is 0 Å². The Morgan fingerprint density at radius 3 is 0.692 bits per heavy atom. The molecule has 0 saturated carbocycles. The van der Waals surface area contributed by atoms with E-state index in [9.17, 15) is 14.4 Å². The van der Waals surface area contributed by atoms with E-state index in [1.165, 1.54) is 106 Å². The first kappa shape index (κ1) is 62.5. The van der Waals surface area contributed by atoms with E-state index in [0.29, 0.717) is 19.6 Å². The van der Waals surface area contributed by atoms with Crippen LogP contribution < -0.4 is 31.9 Å². The van der Waals surface area contributed by atoms with Crippen LogP contribution in [0.2, 0.25) is 0 Å². The molecular weight excluding hydrogens is 999 g/mol. The van der Waals surface area contributed by atoms with Gasteiger partial charge in [0.05, 0.1) is 36.7 Å². The molecule has 20 nitrogen and oxygen atoms in total. The largest absolute Gasteiger partial charge is 0.473 e. The Morgan fingerprint density at radius 1 is 0.321 bits per heavy atom. The molecular formula is C58H85N9O11. The number of nitrogens with zero attached hydrogens (tertiary/aromatic N) is 3. The lowest BCUT2D eigenvalue weighted by molar-refractivity contribution is -0.159. The number of hydrogen-bond acceptors (Lipinski definition) is 13. The van der Waals surface area contributed by atoms with Gasteiger partial charge in [0.25, 0.3) is 0 Å². The lowest BCUT2D eigenvalue weighted by Gasteiger charge is -2.24. The summed E-state index contributed by atoms with van der Waals surface area (Å²) < 4.78 is 0. The fraction of sp³-hybridized carbons (Fsp3) is 0.621. The number of pyridine rings is 3. The van der Waals surface area contributed by atoms with E-state index >= 15 is 0 Å². The Kier molecular flexibility index (Phi) is 22.4. The number of fused-ring (bicyclic) bond motifs is 6. The lowest BCUT2D eigenvalue weighted by Crippen LogP contribution is -2.41. The number of aryl methyl sites for hydroxylation is 6. The summed E-state index contributed by atoms with van der Waals surface area (Å²) >= 11 is 0. The minimum Gasteiger partial charge on any atom is -0.473 e. The van der Waals surface area contributed by atoms with Crippen LogP contribution in [0.1, 0.15) is 188 Å². The van der Waals surface area contributed by atoms with Crippen molar-refractivity contribution in [2.75, 3.05) is 35.6 Å². The van der Waals surface area contributed by atoms with Gasteiger partial charge in [0.2, 0.25) is 17.7 Å². The van der Waals surface area contributed by atoms with Crippen LogP contribution in [0.3, 0.4) is 0 Å². The molecule has 3 aromatic heterocycles. The number of hydrogen-bond donors (Lipinski definition) is 10. The molecule has 9 rings (SSSR count). The van der Waals surface area contributed by atoms with Gasteiger partial charge in [-0.1, -0.05) is 0 Å². The topological polar surface area (TPSA) is 311 Å². The molecule has 0 fully saturated rings. The number of carbonyl (C=O) groups is 7. The number of nitrogens with one attached hydrogen (secondary N) is 6. The molecule has 0 bridgehead atoms. The fourth-order valence-electron chi connectivity index (χ4n) is 10.3. The van der Waals surface area contributed by atoms with Crippen molar-refractivity contribution in [3.63, 3.8) is 0 Å². The average molecular weight is 1080 g/mol. The van der Waals surface area contributed by atoms with Gasteiger partial charge in [-0.25, -0.2) is 19.2 Å². The van der Waals surface area contributed by atoms with Crippen molar-refractivity contribution >= 4 is 58.7 Å². The van der Waals surface area contributed by atoms with E-state index in [1.807, 2.05) is 0 Å². The van der Waals surface area contributed by atoms with E-state index in [1.54, 1.807) is 0 Å². The van der Waals surface area contributed by atoms with Crippen LogP contribution in [-0.2, 0) is 111 Å². The Bertz CT molecular complexity index is 2400. The molecule has 3 aromatic rings. The van der Waals surface area contributed by atoms with Gasteiger partial charge in [-0.15, -0.1) is 0 Å². The molecule has 428 valence electrons. The van der Waals surface area contributed by atoms with E-state index < -0.39 is 23.9 Å². The molecule has 0 unspecified atom stereocenters. The standard InChI is InChI=1S/3C18H27N3O.2C2H2O4/c3*1-18(2,3)19-11-16(22)21-17-12-7-4-5-9-14(12)20-15-10-6-8-13(15)17;2*3-1(4)2(5)6/h3*19H,4-11H2,1-3H3,(H,20,21,22);2*(H,3,4)(H,5,6). The highest BCUT2D eigenvalue weighted by Gasteiger charge is 2.29. The summed E-state index contributed by atoms with van der Waals surface area (Å²) in [6, 6.07) is 0. The summed E-state index contributed by atoms with van der Waals surface area (Å²) in [7, 11) is 0. The van der Waals surface area contributed by atoms with Gasteiger partial charge in [-0.3, -0.25) is 29.3 Å². The number of carbonyl (C=O) groups excluding carboxylic acids is 3. The van der Waals surface area contributed by atoms with Crippen molar-refractivity contribution in [3.8, 4) is 0 Å². The summed E-state index contributed by atoms with van der Waals surface area (Å²) in [6.07, 6.45) is 23.4. The molecule has 3 amide bonds. The summed E-state index contributed by atoms with van der Waals surface area (Å²) in [4.78, 5) is 88.1. The molecule has 0 atom stereocenters. The zero-order valence-corrected chi connectivity index (χ0v) is 47.5. The number of anilines is 3. The molecule has 10 N–H and O–H groups in total. The molecule has 0 radical (unpaired) electrons. The predicted octanol–water partition coefficient (Wildman–Crippen LogP) is 6.64. The highest BCUT2D eigenvalue weighted by atomic mass is 16.4. The van der Waals surface area contributed by atoms with Crippen LogP contribution in [0, 0.1) is 0 Å². The van der Waals surface area contributed by atoms with Crippen LogP contribution in [0.15, 0.2) is 0 Å². The first-order valence-electron chi connectivity index (χ1n) is 27.8. The number of carboxylic acids is 4. The number of amides is 3. The Labute approximate surface area is 458 Å². The first-order valence-corrected chi connectivity index (χ1v) is 27.8. The fourth-order valence-corrected chi connectivity index (χ4v) is 10.3. The normalized spacial score (nSPS) is 15.6. The smallest absolute Gasteiger partial charge is 0.414 e. The maximum atomic E-state index is 12.4. The number of aliphatic carboxylic acids is 4. The van der Waals surface area contributed by atoms with Gasteiger partial charge in [-0.2, -0.15) is 0 Å². The van der Waals surface area contributed by atoms with Gasteiger partial charge < -0.3 is 52.3 Å². The van der Waals surface area contributed by atoms with Gasteiger partial charge in [0.15, 0.2) is 0 Å². The SMILES string of the molecule is CC(C)(C)NCC(=O)Nc1c2c(nc3c1CCC3)CCCC2.CC(C)(C)NCC(=O)Nc1c2c(nc3c1CCC3)CCCC2.CC(C)(C)NCC(=O)Nc1c2c(nc3c1CCC3)CCCC2.O=C(O)C(=O)O.O=C(O)C(=O)O. The monoisotopic (exact) mass is 1080 g/mol. The maximum absolute atomic E-state index is 12.4. The first-order chi connectivity index (χ1) is 36.6. The van der Waals surface area contributed by atoms with Gasteiger partial charge in [-0.05, 0) is 231 Å². The second-order valence-electron chi connectivity index (χ2n) is 23.9. The van der Waals surface area contributed by atoms with Gasteiger partial charge in [0.1, 0.15) is 0 Å². The van der Waals surface area contributed by atoms with Crippen LogP contribution in [0.25, 0.3) is 0 Å². The number of aromatic nitrogens is 3. The minimum absolute atomic E-state index is 0.0447. The van der Waals surface area contributed by atoms with Crippen molar-refractivity contribution in [2.45, 2.75) is 214 Å². The highest BCUT2D eigenvalue weighted by molar-refractivity contribution is 6.27.